The van der Waals surface area contributed by atoms with E-state index in [1.807, 2.05) is 30.0 Å². The van der Waals surface area contributed by atoms with E-state index >= 15 is 0 Å². The van der Waals surface area contributed by atoms with Crippen LogP contribution in [0, 0.1) is 23.9 Å². The van der Waals surface area contributed by atoms with Crippen LogP contribution in [0.5, 0.6) is 0 Å². The molecule has 0 aliphatic heterocycles. The van der Waals surface area contributed by atoms with Gasteiger partial charge in [0.1, 0.15) is 8.07 Å². The van der Waals surface area contributed by atoms with Crippen molar-refractivity contribution in [1.82, 2.24) is 0 Å². The van der Waals surface area contributed by atoms with E-state index in [1.165, 1.54) is 11.6 Å². The number of hydrogen-bond donors (Lipinski definition) is 0. The number of carbonyl (C=O) groups excluding carboxylic acids is 1. The summed E-state index contributed by atoms with van der Waals surface area (Å²) in [4.78, 5) is 23.0. The van der Waals surface area contributed by atoms with Gasteiger partial charge in [-0.3, -0.25) is 4.89 Å². The second kappa shape index (κ2) is 8.32. The molecule has 137 valence electrons. The van der Waals surface area contributed by atoms with Gasteiger partial charge in [0.25, 0.3) is 0 Å². The molecule has 1 aliphatic rings. The highest BCUT2D eigenvalue weighted by Gasteiger charge is 2.34. The Balaban J connectivity index is 1.98. The predicted octanol–water partition coefficient (Wildman–Crippen LogP) is 5.04. The number of hydrogen-bond acceptors (Lipinski definition) is 3. The lowest BCUT2D eigenvalue weighted by Gasteiger charge is -2.34. The second-order valence-corrected chi connectivity index (χ2v) is 12.6. The van der Waals surface area contributed by atoms with Gasteiger partial charge in [0.05, 0.1) is 5.56 Å². The normalized spacial score (nSPS) is 22.0. The van der Waals surface area contributed by atoms with Crippen molar-refractivity contribution in [3.8, 4) is 0 Å². The largest absolute Gasteiger partial charge is 0.373 e. The summed E-state index contributed by atoms with van der Waals surface area (Å²) in [6.07, 6.45) is 4.09. The first kappa shape index (κ1) is 19.9. The average Bonchev–Trinajstić information content (AvgIpc) is 2.59. The van der Waals surface area contributed by atoms with Gasteiger partial charge in [0, 0.05) is 0 Å². The van der Waals surface area contributed by atoms with Crippen molar-refractivity contribution in [2.24, 2.45) is 17.8 Å². The van der Waals surface area contributed by atoms with E-state index in [4.69, 9.17) is 9.78 Å². The molecule has 1 aromatic rings. The standard InChI is InChI=1S/C21H31O3Si/c1-7-25(5,6)18-11-9-17(10-12-18)21(22)24-23-20-14-16(4)8-13-19(20)15(2)3/h7,9-12,15-16,19H,1,8,13-14H2,2-6H3. The zero-order valence-electron chi connectivity index (χ0n) is 16.2. The minimum absolute atomic E-state index is 0.366. The molecule has 2 atom stereocenters. The summed E-state index contributed by atoms with van der Waals surface area (Å²) in [5, 5.41) is 1.25. The quantitative estimate of drug-likeness (QED) is 0.405. The van der Waals surface area contributed by atoms with Crippen LogP contribution in [0.1, 0.15) is 50.4 Å². The first-order valence-corrected chi connectivity index (χ1v) is 12.3. The fourth-order valence-corrected chi connectivity index (χ4v) is 4.58. The summed E-state index contributed by atoms with van der Waals surface area (Å²) in [6, 6.07) is 7.62. The fraction of sp³-hybridized carbons (Fsp3) is 0.524. The van der Waals surface area contributed by atoms with Crippen LogP contribution in [0.2, 0.25) is 13.1 Å². The Morgan fingerprint density at radius 2 is 1.88 bits per heavy atom. The maximum atomic E-state index is 12.3. The third-order valence-corrected chi connectivity index (χ3v) is 8.18. The van der Waals surface area contributed by atoms with Crippen molar-refractivity contribution < 1.29 is 14.6 Å². The van der Waals surface area contributed by atoms with Crippen LogP contribution in [0.25, 0.3) is 0 Å². The molecule has 0 saturated heterocycles. The Labute approximate surface area is 153 Å². The number of rotatable bonds is 6. The molecule has 1 fully saturated rings. The van der Waals surface area contributed by atoms with Gasteiger partial charge in [-0.05, 0) is 42.7 Å². The van der Waals surface area contributed by atoms with E-state index in [-0.39, 0.29) is 0 Å². The van der Waals surface area contributed by atoms with Crippen LogP contribution in [-0.2, 0) is 9.78 Å². The van der Waals surface area contributed by atoms with Crippen LogP contribution in [0.4, 0.5) is 0 Å². The lowest BCUT2D eigenvalue weighted by Crippen LogP contribution is -2.39. The van der Waals surface area contributed by atoms with Crippen LogP contribution in [0.15, 0.2) is 36.5 Å². The minimum atomic E-state index is -1.61. The maximum Gasteiger partial charge on any atom is 0.373 e. The fourth-order valence-electron chi connectivity index (χ4n) is 3.32. The van der Waals surface area contributed by atoms with Gasteiger partial charge < -0.3 is 0 Å². The first-order valence-electron chi connectivity index (χ1n) is 9.23. The summed E-state index contributed by atoms with van der Waals surface area (Å²) in [7, 11) is -1.61. The van der Waals surface area contributed by atoms with Gasteiger partial charge >= 0.3 is 5.97 Å². The lowest BCUT2D eigenvalue weighted by atomic mass is 9.75. The minimum Gasteiger partial charge on any atom is -0.292 e. The van der Waals surface area contributed by atoms with Crippen molar-refractivity contribution in [1.29, 1.82) is 0 Å². The van der Waals surface area contributed by atoms with Gasteiger partial charge in [0.15, 0.2) is 6.10 Å². The van der Waals surface area contributed by atoms with E-state index < -0.39 is 14.0 Å². The van der Waals surface area contributed by atoms with Gasteiger partial charge in [-0.1, -0.05) is 63.3 Å². The Morgan fingerprint density at radius 1 is 1.24 bits per heavy atom. The smallest absolute Gasteiger partial charge is 0.292 e. The summed E-state index contributed by atoms with van der Waals surface area (Å²) in [5.74, 6) is 1.00. The predicted molar refractivity (Wildman–Crippen MR) is 105 cm³/mol. The van der Waals surface area contributed by atoms with Crippen molar-refractivity contribution >= 4 is 19.2 Å². The van der Waals surface area contributed by atoms with Crippen molar-refractivity contribution in [2.45, 2.75) is 53.1 Å². The van der Waals surface area contributed by atoms with E-state index in [1.54, 1.807) is 0 Å². The lowest BCUT2D eigenvalue weighted by molar-refractivity contribution is -0.251. The Hall–Kier alpha value is -1.39. The molecule has 3 nitrogen and oxygen atoms in total. The maximum absolute atomic E-state index is 12.3. The highest BCUT2D eigenvalue weighted by atomic mass is 28.3. The SMILES string of the molecule is C=C[Si](C)(C)c1ccc(C(=O)OO[C]2CC(C)CCC2C(C)C)cc1. The van der Waals surface area contributed by atoms with Gasteiger partial charge in [0.2, 0.25) is 0 Å². The van der Waals surface area contributed by atoms with Crippen molar-refractivity contribution in [3.63, 3.8) is 0 Å². The monoisotopic (exact) mass is 359 g/mol. The summed E-state index contributed by atoms with van der Waals surface area (Å²) in [5.41, 5.74) is 2.55. The van der Waals surface area contributed by atoms with Gasteiger partial charge in [-0.25, -0.2) is 4.79 Å². The molecule has 0 aromatic heterocycles. The molecule has 1 saturated carbocycles. The van der Waals surface area contributed by atoms with E-state index in [0.717, 1.165) is 18.9 Å². The zero-order valence-corrected chi connectivity index (χ0v) is 17.2. The molecular formula is C21H31O3Si. The Bertz CT molecular complexity index is 592. The summed E-state index contributed by atoms with van der Waals surface area (Å²) >= 11 is 0. The molecule has 1 radical (unpaired) electrons. The Morgan fingerprint density at radius 3 is 2.44 bits per heavy atom. The molecule has 0 spiro atoms. The Kier molecular flexibility index (Phi) is 6.63. The van der Waals surface area contributed by atoms with Crippen molar-refractivity contribution in [3.05, 3.63) is 48.2 Å². The number of carbonyl (C=O) groups is 1. The van der Waals surface area contributed by atoms with Crippen LogP contribution >= 0.6 is 0 Å². The molecule has 1 aromatic carbocycles. The van der Waals surface area contributed by atoms with Gasteiger partial charge in [-0.2, -0.15) is 4.89 Å². The van der Waals surface area contributed by atoms with E-state index in [0.29, 0.717) is 23.3 Å². The van der Waals surface area contributed by atoms with Crippen molar-refractivity contribution in [2.75, 3.05) is 0 Å². The topological polar surface area (TPSA) is 35.5 Å². The molecule has 0 bridgehead atoms. The second-order valence-electron chi connectivity index (χ2n) is 8.16. The van der Waals surface area contributed by atoms with E-state index in [2.05, 4.69) is 40.4 Å². The third-order valence-electron chi connectivity index (χ3n) is 5.34. The third kappa shape index (κ3) is 5.05. The van der Waals surface area contributed by atoms with Gasteiger partial charge in [-0.15, -0.1) is 6.58 Å². The van der Waals surface area contributed by atoms with Crippen LogP contribution < -0.4 is 5.19 Å². The van der Waals surface area contributed by atoms with E-state index in [9.17, 15) is 4.79 Å². The molecule has 0 heterocycles. The zero-order chi connectivity index (χ0) is 18.6. The van der Waals surface area contributed by atoms with Crippen LogP contribution in [0.3, 0.4) is 0 Å². The molecule has 2 rings (SSSR count). The molecule has 1 aliphatic carbocycles. The van der Waals surface area contributed by atoms with Crippen LogP contribution in [-0.4, -0.2) is 14.0 Å². The summed E-state index contributed by atoms with van der Waals surface area (Å²) in [6.45, 7) is 15.0. The first-order chi connectivity index (χ1) is 11.7. The molecular weight excluding hydrogens is 328 g/mol. The molecule has 0 N–H and O–H groups in total. The number of benzene rings is 1. The summed E-state index contributed by atoms with van der Waals surface area (Å²) < 4.78 is 0. The molecule has 0 amide bonds. The highest BCUT2D eigenvalue weighted by Crippen LogP contribution is 2.40. The highest BCUT2D eigenvalue weighted by molar-refractivity contribution is 6.93. The average molecular weight is 360 g/mol. The molecule has 2 unspecified atom stereocenters. The molecule has 25 heavy (non-hydrogen) atoms. The molecule has 4 heteroatoms.